The summed E-state index contributed by atoms with van der Waals surface area (Å²) < 4.78 is 39.4. The van der Waals surface area contributed by atoms with Crippen molar-refractivity contribution in [3.63, 3.8) is 0 Å². The highest BCUT2D eigenvalue weighted by Gasteiger charge is 2.26. The Kier molecular flexibility index (Phi) is 5.71. The van der Waals surface area contributed by atoms with Crippen molar-refractivity contribution in [2.45, 2.75) is 24.7 Å². The Morgan fingerprint density at radius 1 is 1.37 bits per heavy atom. The first-order valence-corrected chi connectivity index (χ1v) is 7.53. The average molecular weight is 290 g/mol. The molecule has 0 fully saturated rings. The molecule has 1 aromatic rings. The van der Waals surface area contributed by atoms with E-state index < -0.39 is 20.7 Å². The van der Waals surface area contributed by atoms with Gasteiger partial charge in [-0.3, -0.25) is 0 Å². The van der Waals surface area contributed by atoms with E-state index in [1.165, 1.54) is 6.07 Å². The summed E-state index contributed by atoms with van der Waals surface area (Å²) in [6, 6.07) is 3.43. The van der Waals surface area contributed by atoms with Crippen molar-refractivity contribution in [1.82, 2.24) is 4.31 Å². The fourth-order valence-electron chi connectivity index (χ4n) is 1.65. The molecule has 0 heterocycles. The molecule has 5 nitrogen and oxygen atoms in total. The monoisotopic (exact) mass is 290 g/mol. The maximum atomic E-state index is 13.7. The normalized spacial score (nSPS) is 12.0. The number of nitrogens with two attached hydrogens (primary N) is 1. The first kappa shape index (κ1) is 15.9. The molecule has 7 heteroatoms. The Labute approximate surface area is 112 Å². The van der Waals surface area contributed by atoms with Gasteiger partial charge in [-0.1, -0.05) is 13.3 Å². The number of hydrogen-bond donors (Lipinski definition) is 2. The van der Waals surface area contributed by atoms with Crippen LogP contribution in [-0.4, -0.2) is 37.5 Å². The number of unbranched alkanes of at least 4 members (excludes halogenated alkanes) is 1. The van der Waals surface area contributed by atoms with E-state index in [1.54, 1.807) is 0 Å². The molecule has 0 aliphatic rings. The fourth-order valence-corrected chi connectivity index (χ4v) is 3.22. The van der Waals surface area contributed by atoms with Gasteiger partial charge in [-0.25, -0.2) is 12.8 Å². The summed E-state index contributed by atoms with van der Waals surface area (Å²) in [5.74, 6) is -0.839. The van der Waals surface area contributed by atoms with Gasteiger partial charge >= 0.3 is 0 Å². The highest BCUT2D eigenvalue weighted by molar-refractivity contribution is 7.89. The smallest absolute Gasteiger partial charge is 0.246 e. The third-order valence-corrected chi connectivity index (χ3v) is 4.60. The number of benzene rings is 1. The van der Waals surface area contributed by atoms with Gasteiger partial charge in [-0.2, -0.15) is 4.31 Å². The molecule has 0 saturated carbocycles. The molecule has 0 saturated heterocycles. The van der Waals surface area contributed by atoms with Crippen LogP contribution in [0.1, 0.15) is 19.8 Å². The number of nitrogen functional groups attached to an aromatic ring is 1. The number of aliphatic hydroxyl groups is 1. The van der Waals surface area contributed by atoms with E-state index in [0.29, 0.717) is 6.42 Å². The minimum absolute atomic E-state index is 0.0590. The zero-order valence-electron chi connectivity index (χ0n) is 10.8. The van der Waals surface area contributed by atoms with Gasteiger partial charge in [0.1, 0.15) is 10.7 Å². The third kappa shape index (κ3) is 3.89. The molecule has 0 atom stereocenters. The molecule has 3 N–H and O–H groups in total. The van der Waals surface area contributed by atoms with Gasteiger partial charge in [-0.15, -0.1) is 0 Å². The predicted octanol–water partition coefficient (Wildman–Crippen LogP) is 1.19. The van der Waals surface area contributed by atoms with Crippen LogP contribution in [0.2, 0.25) is 0 Å². The molecule has 0 amide bonds. The van der Waals surface area contributed by atoms with Crippen LogP contribution < -0.4 is 5.73 Å². The number of aliphatic hydroxyl groups excluding tert-OH is 1. The molecule has 19 heavy (non-hydrogen) atoms. The Hall–Kier alpha value is -1.18. The van der Waals surface area contributed by atoms with Gasteiger partial charge in [0.2, 0.25) is 10.0 Å². The molecule has 0 bridgehead atoms. The second-order valence-electron chi connectivity index (χ2n) is 4.17. The fraction of sp³-hybridized carbons (Fsp3) is 0.500. The second kappa shape index (κ2) is 6.83. The second-order valence-corrected chi connectivity index (χ2v) is 6.08. The van der Waals surface area contributed by atoms with E-state index in [9.17, 15) is 12.8 Å². The van der Waals surface area contributed by atoms with Gasteiger partial charge in [-0.05, 0) is 24.6 Å². The van der Waals surface area contributed by atoms with Gasteiger partial charge in [0.05, 0.1) is 6.61 Å². The minimum atomic E-state index is -3.97. The van der Waals surface area contributed by atoms with Crippen LogP contribution in [0.5, 0.6) is 0 Å². The van der Waals surface area contributed by atoms with Crippen LogP contribution in [0.15, 0.2) is 23.1 Å². The average Bonchev–Trinajstić information content (AvgIpc) is 2.37. The zero-order valence-corrected chi connectivity index (χ0v) is 11.7. The van der Waals surface area contributed by atoms with Crippen LogP contribution in [-0.2, 0) is 10.0 Å². The highest BCUT2D eigenvalue weighted by atomic mass is 32.2. The van der Waals surface area contributed by atoms with Gasteiger partial charge in [0.15, 0.2) is 0 Å². The van der Waals surface area contributed by atoms with Gasteiger partial charge in [0.25, 0.3) is 0 Å². The summed E-state index contributed by atoms with van der Waals surface area (Å²) in [5.41, 5.74) is 5.68. The van der Waals surface area contributed by atoms with E-state index in [0.717, 1.165) is 22.9 Å². The quantitative estimate of drug-likeness (QED) is 0.739. The summed E-state index contributed by atoms with van der Waals surface area (Å²) in [5, 5.41) is 8.95. The Balaban J connectivity index is 3.14. The van der Waals surface area contributed by atoms with Crippen molar-refractivity contribution >= 4 is 15.7 Å². The lowest BCUT2D eigenvalue weighted by molar-refractivity contribution is 0.252. The lowest BCUT2D eigenvalue weighted by Crippen LogP contribution is -2.35. The highest BCUT2D eigenvalue weighted by Crippen LogP contribution is 2.22. The van der Waals surface area contributed by atoms with Crippen molar-refractivity contribution in [2.24, 2.45) is 0 Å². The Morgan fingerprint density at radius 2 is 2.05 bits per heavy atom. The Morgan fingerprint density at radius 3 is 2.63 bits per heavy atom. The van der Waals surface area contributed by atoms with E-state index >= 15 is 0 Å². The lowest BCUT2D eigenvalue weighted by Gasteiger charge is -2.21. The van der Waals surface area contributed by atoms with Crippen LogP contribution in [0, 0.1) is 5.82 Å². The number of anilines is 1. The third-order valence-electron chi connectivity index (χ3n) is 2.68. The predicted molar refractivity (Wildman–Crippen MR) is 71.6 cm³/mol. The lowest BCUT2D eigenvalue weighted by atomic mass is 10.3. The van der Waals surface area contributed by atoms with Gasteiger partial charge < -0.3 is 10.8 Å². The molecule has 0 spiro atoms. The summed E-state index contributed by atoms with van der Waals surface area (Å²) in [4.78, 5) is -0.447. The van der Waals surface area contributed by atoms with Crippen molar-refractivity contribution in [2.75, 3.05) is 25.4 Å². The molecule has 0 aromatic heterocycles. The summed E-state index contributed by atoms with van der Waals surface area (Å²) in [6.07, 6.45) is 1.44. The van der Waals surface area contributed by atoms with E-state index in [-0.39, 0.29) is 25.4 Å². The summed E-state index contributed by atoms with van der Waals surface area (Å²) in [6.45, 7) is 1.79. The first-order chi connectivity index (χ1) is 8.93. The number of hydrogen-bond acceptors (Lipinski definition) is 4. The maximum absolute atomic E-state index is 13.7. The largest absolute Gasteiger partial charge is 0.399 e. The molecule has 0 aliphatic carbocycles. The minimum Gasteiger partial charge on any atom is -0.399 e. The van der Waals surface area contributed by atoms with E-state index in [1.807, 2.05) is 6.92 Å². The maximum Gasteiger partial charge on any atom is 0.246 e. The van der Waals surface area contributed by atoms with Crippen LogP contribution in [0.3, 0.4) is 0 Å². The summed E-state index contributed by atoms with van der Waals surface area (Å²) >= 11 is 0. The Bertz CT molecular complexity index is 520. The molecule has 1 aromatic carbocycles. The number of halogens is 1. The van der Waals surface area contributed by atoms with E-state index in [2.05, 4.69) is 0 Å². The molecule has 1 rings (SSSR count). The van der Waals surface area contributed by atoms with Crippen molar-refractivity contribution in [3.05, 3.63) is 24.0 Å². The van der Waals surface area contributed by atoms with Crippen molar-refractivity contribution < 1.29 is 17.9 Å². The topological polar surface area (TPSA) is 83.6 Å². The molecular formula is C12H19FN2O3S. The SMILES string of the molecule is CCCCN(CCO)S(=O)(=O)c1cc(N)ccc1F. The van der Waals surface area contributed by atoms with Crippen LogP contribution >= 0.6 is 0 Å². The first-order valence-electron chi connectivity index (χ1n) is 6.09. The van der Waals surface area contributed by atoms with E-state index in [4.69, 9.17) is 10.8 Å². The molecule has 0 aliphatic heterocycles. The molecular weight excluding hydrogens is 271 g/mol. The molecule has 108 valence electrons. The summed E-state index contributed by atoms with van der Waals surface area (Å²) in [7, 11) is -3.97. The van der Waals surface area contributed by atoms with Crippen LogP contribution in [0.25, 0.3) is 0 Å². The van der Waals surface area contributed by atoms with Crippen molar-refractivity contribution in [3.8, 4) is 0 Å². The van der Waals surface area contributed by atoms with Crippen LogP contribution in [0.4, 0.5) is 10.1 Å². The van der Waals surface area contributed by atoms with Gasteiger partial charge in [0, 0.05) is 18.8 Å². The van der Waals surface area contributed by atoms with Crippen molar-refractivity contribution in [1.29, 1.82) is 0 Å². The number of sulfonamides is 1. The number of nitrogens with zero attached hydrogens (tertiary/aromatic N) is 1. The molecule has 0 radical (unpaired) electrons. The molecule has 0 unspecified atom stereocenters. The number of rotatable bonds is 7. The standard InChI is InChI=1S/C12H19FN2O3S/c1-2-3-6-15(7-8-16)19(17,18)12-9-10(14)4-5-11(12)13/h4-5,9,16H,2-3,6-8,14H2,1H3. The zero-order chi connectivity index (χ0) is 14.5.